The predicted octanol–water partition coefficient (Wildman–Crippen LogP) is 1.32. The van der Waals surface area contributed by atoms with Crippen molar-refractivity contribution in [2.45, 2.75) is 25.6 Å². The zero-order chi connectivity index (χ0) is 12.0. The van der Waals surface area contributed by atoms with Gasteiger partial charge in [-0.05, 0) is 18.6 Å². The lowest BCUT2D eigenvalue weighted by Gasteiger charge is -2.25. The van der Waals surface area contributed by atoms with Gasteiger partial charge in [0.25, 0.3) is 0 Å². The number of hydrogen-bond acceptors (Lipinski definition) is 4. The Morgan fingerprint density at radius 1 is 1.38 bits per heavy atom. The zero-order valence-corrected chi connectivity index (χ0v) is 9.22. The van der Waals surface area contributed by atoms with Crippen LogP contribution in [0.1, 0.15) is 30.1 Å². The Morgan fingerprint density at radius 3 is 2.50 bits per heavy atom. The number of aliphatic hydroxyl groups excluding tert-OH is 1. The van der Waals surface area contributed by atoms with Crippen LogP contribution < -0.4 is 0 Å². The fourth-order valence-electron chi connectivity index (χ4n) is 1.36. The number of carbonyl (C=O) groups is 1. The standard InChI is InChI=1S/C12H16O4/c1-2-8-12(15,9-13)16-11(14)10-6-4-3-5-7-10/h3-7,13,15H,2,8-9H2,1H3. The molecule has 1 rings (SSSR count). The normalized spacial score (nSPS) is 14.2. The monoisotopic (exact) mass is 224 g/mol. The molecule has 4 nitrogen and oxygen atoms in total. The smallest absolute Gasteiger partial charge is 0.340 e. The third kappa shape index (κ3) is 3.32. The molecule has 1 unspecified atom stereocenters. The molecule has 2 N–H and O–H groups in total. The average molecular weight is 224 g/mol. The fraction of sp³-hybridized carbons (Fsp3) is 0.417. The minimum atomic E-state index is -1.78. The van der Waals surface area contributed by atoms with Gasteiger partial charge in [-0.1, -0.05) is 25.1 Å². The summed E-state index contributed by atoms with van der Waals surface area (Å²) >= 11 is 0. The molecule has 0 aliphatic heterocycles. The van der Waals surface area contributed by atoms with Crippen LogP contribution in [0.4, 0.5) is 0 Å². The van der Waals surface area contributed by atoms with Gasteiger partial charge in [0.2, 0.25) is 5.79 Å². The van der Waals surface area contributed by atoms with Crippen LogP contribution >= 0.6 is 0 Å². The molecule has 1 atom stereocenters. The van der Waals surface area contributed by atoms with Crippen molar-refractivity contribution in [1.29, 1.82) is 0 Å². The van der Waals surface area contributed by atoms with Crippen LogP contribution in [0.3, 0.4) is 0 Å². The van der Waals surface area contributed by atoms with E-state index in [1.165, 1.54) is 0 Å². The van der Waals surface area contributed by atoms with E-state index in [-0.39, 0.29) is 6.42 Å². The van der Waals surface area contributed by atoms with E-state index in [1.54, 1.807) is 30.3 Å². The first-order valence-corrected chi connectivity index (χ1v) is 5.23. The van der Waals surface area contributed by atoms with Crippen LogP contribution in [0, 0.1) is 0 Å². The van der Waals surface area contributed by atoms with Crippen molar-refractivity contribution in [3.05, 3.63) is 35.9 Å². The van der Waals surface area contributed by atoms with E-state index < -0.39 is 18.4 Å². The number of esters is 1. The SMILES string of the molecule is CCCC(O)(CO)OC(=O)c1ccccc1. The molecule has 0 heterocycles. The largest absolute Gasteiger partial charge is 0.427 e. The molecule has 88 valence electrons. The van der Waals surface area contributed by atoms with Gasteiger partial charge in [0.05, 0.1) is 5.56 Å². The lowest BCUT2D eigenvalue weighted by Crippen LogP contribution is -2.38. The Labute approximate surface area is 94.5 Å². The third-order valence-electron chi connectivity index (χ3n) is 2.18. The van der Waals surface area contributed by atoms with E-state index in [4.69, 9.17) is 9.84 Å². The van der Waals surface area contributed by atoms with Gasteiger partial charge in [-0.2, -0.15) is 0 Å². The van der Waals surface area contributed by atoms with Crippen LogP contribution in [0.15, 0.2) is 30.3 Å². The molecule has 0 saturated carbocycles. The summed E-state index contributed by atoms with van der Waals surface area (Å²) in [6.45, 7) is 1.23. The lowest BCUT2D eigenvalue weighted by molar-refractivity contribution is -0.192. The molecule has 1 aromatic rings. The van der Waals surface area contributed by atoms with Crippen molar-refractivity contribution in [3.8, 4) is 0 Å². The average Bonchev–Trinajstić information content (AvgIpc) is 2.30. The summed E-state index contributed by atoms with van der Waals surface area (Å²) in [7, 11) is 0. The zero-order valence-electron chi connectivity index (χ0n) is 9.22. The number of aliphatic hydroxyl groups is 2. The molecule has 0 radical (unpaired) electrons. The summed E-state index contributed by atoms with van der Waals surface area (Å²) in [5.41, 5.74) is 0.352. The van der Waals surface area contributed by atoms with Crippen molar-refractivity contribution in [3.63, 3.8) is 0 Å². The third-order valence-corrected chi connectivity index (χ3v) is 2.18. The van der Waals surface area contributed by atoms with Gasteiger partial charge < -0.3 is 14.9 Å². The minimum absolute atomic E-state index is 0.210. The molecular formula is C12H16O4. The number of hydrogen-bond donors (Lipinski definition) is 2. The van der Waals surface area contributed by atoms with E-state index >= 15 is 0 Å². The molecule has 0 aliphatic rings. The van der Waals surface area contributed by atoms with Gasteiger partial charge in [0.15, 0.2) is 0 Å². The highest BCUT2D eigenvalue weighted by molar-refractivity contribution is 5.89. The highest BCUT2D eigenvalue weighted by Crippen LogP contribution is 2.16. The first kappa shape index (κ1) is 12.7. The summed E-state index contributed by atoms with van der Waals surface area (Å²) in [5, 5.41) is 18.7. The van der Waals surface area contributed by atoms with Crippen LogP contribution in [0.25, 0.3) is 0 Å². The minimum Gasteiger partial charge on any atom is -0.427 e. The Morgan fingerprint density at radius 2 is 2.00 bits per heavy atom. The van der Waals surface area contributed by atoms with Gasteiger partial charge in [0, 0.05) is 6.42 Å². The van der Waals surface area contributed by atoms with Gasteiger partial charge in [0.1, 0.15) is 6.61 Å². The van der Waals surface area contributed by atoms with Crippen LogP contribution in [-0.2, 0) is 4.74 Å². The van der Waals surface area contributed by atoms with E-state index in [2.05, 4.69) is 0 Å². The maximum atomic E-state index is 11.6. The van der Waals surface area contributed by atoms with Crippen LogP contribution in [-0.4, -0.2) is 28.6 Å². The quantitative estimate of drug-likeness (QED) is 0.585. The molecule has 0 aromatic heterocycles. The summed E-state index contributed by atoms with van der Waals surface area (Å²) in [4.78, 5) is 11.6. The van der Waals surface area contributed by atoms with E-state index in [1.807, 2.05) is 6.92 Å². The highest BCUT2D eigenvalue weighted by Gasteiger charge is 2.30. The number of carbonyl (C=O) groups excluding carboxylic acids is 1. The molecule has 0 amide bonds. The second-order valence-corrected chi connectivity index (χ2v) is 3.61. The van der Waals surface area contributed by atoms with Crippen molar-refractivity contribution >= 4 is 5.97 Å². The molecule has 0 fully saturated rings. The van der Waals surface area contributed by atoms with Crippen molar-refractivity contribution < 1.29 is 19.7 Å². The number of ether oxygens (including phenoxy) is 1. The lowest BCUT2D eigenvalue weighted by atomic mass is 10.1. The topological polar surface area (TPSA) is 66.8 Å². The van der Waals surface area contributed by atoms with E-state index in [9.17, 15) is 9.90 Å². The summed E-state index contributed by atoms with van der Waals surface area (Å²) in [5.74, 6) is -2.41. The van der Waals surface area contributed by atoms with E-state index in [0.29, 0.717) is 12.0 Å². The summed E-state index contributed by atoms with van der Waals surface area (Å²) in [6.07, 6.45) is 0.821. The maximum Gasteiger partial charge on any atom is 0.340 e. The molecule has 4 heteroatoms. The summed E-state index contributed by atoms with van der Waals surface area (Å²) in [6, 6.07) is 8.36. The molecule has 0 bridgehead atoms. The van der Waals surface area contributed by atoms with Gasteiger partial charge in [-0.25, -0.2) is 4.79 Å². The van der Waals surface area contributed by atoms with Gasteiger partial charge in [-0.3, -0.25) is 0 Å². The Balaban J connectivity index is 2.70. The molecule has 16 heavy (non-hydrogen) atoms. The Kier molecular flexibility index (Phi) is 4.46. The van der Waals surface area contributed by atoms with Crippen molar-refractivity contribution in [1.82, 2.24) is 0 Å². The fourth-order valence-corrected chi connectivity index (χ4v) is 1.36. The van der Waals surface area contributed by atoms with Crippen LogP contribution in [0.2, 0.25) is 0 Å². The van der Waals surface area contributed by atoms with Crippen LogP contribution in [0.5, 0.6) is 0 Å². The van der Waals surface area contributed by atoms with Crippen molar-refractivity contribution in [2.24, 2.45) is 0 Å². The first-order chi connectivity index (χ1) is 7.61. The highest BCUT2D eigenvalue weighted by atomic mass is 16.7. The predicted molar refractivity (Wildman–Crippen MR) is 58.8 cm³/mol. The summed E-state index contributed by atoms with van der Waals surface area (Å²) < 4.78 is 4.88. The van der Waals surface area contributed by atoms with Crippen molar-refractivity contribution in [2.75, 3.05) is 6.61 Å². The molecule has 1 aromatic carbocycles. The van der Waals surface area contributed by atoms with Gasteiger partial charge in [-0.15, -0.1) is 0 Å². The number of rotatable bonds is 5. The molecule has 0 saturated heterocycles. The molecule has 0 aliphatic carbocycles. The van der Waals surface area contributed by atoms with Gasteiger partial charge >= 0.3 is 5.97 Å². The Bertz CT molecular complexity index is 336. The first-order valence-electron chi connectivity index (χ1n) is 5.23. The maximum absolute atomic E-state index is 11.6. The molecular weight excluding hydrogens is 208 g/mol. The molecule has 0 spiro atoms. The number of benzene rings is 1. The Hall–Kier alpha value is -1.39. The second kappa shape index (κ2) is 5.63. The second-order valence-electron chi connectivity index (χ2n) is 3.61. The van der Waals surface area contributed by atoms with E-state index in [0.717, 1.165) is 0 Å².